The maximum absolute atomic E-state index is 13.5. The van der Waals surface area contributed by atoms with Gasteiger partial charge in [-0.05, 0) is 55.8 Å². The Morgan fingerprint density at radius 2 is 1.76 bits per heavy atom. The summed E-state index contributed by atoms with van der Waals surface area (Å²) in [6.45, 7) is 2.98. The maximum atomic E-state index is 13.5. The quantitative estimate of drug-likeness (QED) is 0.866. The van der Waals surface area contributed by atoms with Gasteiger partial charge in [0, 0.05) is 6.04 Å². The molecule has 1 saturated carbocycles. The minimum atomic E-state index is -0.0922. The Labute approximate surface area is 126 Å². The highest BCUT2D eigenvalue weighted by atomic mass is 19.1. The summed E-state index contributed by atoms with van der Waals surface area (Å²) in [5, 5.41) is 3.54. The molecule has 1 aliphatic carbocycles. The molecule has 0 heterocycles. The minimum Gasteiger partial charge on any atom is -0.314 e. The van der Waals surface area contributed by atoms with Gasteiger partial charge in [-0.15, -0.1) is 0 Å². The summed E-state index contributed by atoms with van der Waals surface area (Å²) < 4.78 is 13.5. The van der Waals surface area contributed by atoms with Crippen LogP contribution in [0.25, 0.3) is 0 Å². The van der Waals surface area contributed by atoms with E-state index in [1.807, 2.05) is 12.1 Å². The van der Waals surface area contributed by atoms with Gasteiger partial charge in [-0.1, -0.05) is 48.0 Å². The Morgan fingerprint density at radius 3 is 2.48 bits per heavy atom. The van der Waals surface area contributed by atoms with Crippen molar-refractivity contribution in [2.75, 3.05) is 6.54 Å². The summed E-state index contributed by atoms with van der Waals surface area (Å²) in [6.07, 6.45) is 3.15. The summed E-state index contributed by atoms with van der Waals surface area (Å²) in [4.78, 5) is 0. The standard InChI is InChI=1S/C19H22FN/c1-14-6-8-15(9-7-14)17-12-18(13-17)21-11-10-16-4-2-3-5-19(16)20/h2-9,17-18,21H,10-13H2,1H3. The van der Waals surface area contributed by atoms with E-state index in [0.717, 1.165) is 18.5 Å². The van der Waals surface area contributed by atoms with Gasteiger partial charge in [0.25, 0.3) is 0 Å². The van der Waals surface area contributed by atoms with Crippen LogP contribution in [0, 0.1) is 12.7 Å². The molecule has 1 fully saturated rings. The topological polar surface area (TPSA) is 12.0 Å². The number of hydrogen-bond donors (Lipinski definition) is 1. The second-order valence-corrected chi connectivity index (χ2v) is 6.07. The molecule has 0 saturated heterocycles. The molecule has 3 rings (SSSR count). The molecular weight excluding hydrogens is 261 g/mol. The lowest BCUT2D eigenvalue weighted by atomic mass is 9.75. The first kappa shape index (κ1) is 14.3. The second kappa shape index (κ2) is 6.40. The van der Waals surface area contributed by atoms with Crippen molar-refractivity contribution in [2.45, 2.75) is 38.1 Å². The van der Waals surface area contributed by atoms with E-state index in [-0.39, 0.29) is 5.82 Å². The molecule has 0 aromatic heterocycles. The SMILES string of the molecule is Cc1ccc(C2CC(NCCc3ccccc3F)C2)cc1. The Balaban J connectivity index is 1.41. The lowest BCUT2D eigenvalue weighted by molar-refractivity contribution is 0.292. The van der Waals surface area contributed by atoms with Crippen molar-refractivity contribution >= 4 is 0 Å². The first-order chi connectivity index (χ1) is 10.2. The third-order valence-corrected chi connectivity index (χ3v) is 4.47. The molecule has 0 radical (unpaired) electrons. The molecule has 1 aliphatic rings. The summed E-state index contributed by atoms with van der Waals surface area (Å²) in [5.74, 6) is 0.599. The number of rotatable bonds is 5. The normalized spacial score (nSPS) is 21.0. The molecule has 2 heteroatoms. The third-order valence-electron chi connectivity index (χ3n) is 4.47. The van der Waals surface area contributed by atoms with Crippen LogP contribution >= 0.6 is 0 Å². The van der Waals surface area contributed by atoms with Gasteiger partial charge in [0.1, 0.15) is 5.82 Å². The van der Waals surface area contributed by atoms with E-state index in [0.29, 0.717) is 12.0 Å². The van der Waals surface area contributed by atoms with Crippen LogP contribution in [0.5, 0.6) is 0 Å². The number of hydrogen-bond acceptors (Lipinski definition) is 1. The highest BCUT2D eigenvalue weighted by molar-refractivity contribution is 5.26. The molecule has 2 aromatic carbocycles. The average molecular weight is 283 g/mol. The molecule has 1 N–H and O–H groups in total. The molecule has 0 unspecified atom stereocenters. The van der Waals surface area contributed by atoms with Crippen molar-refractivity contribution < 1.29 is 4.39 Å². The van der Waals surface area contributed by atoms with Gasteiger partial charge in [0.05, 0.1) is 0 Å². The third kappa shape index (κ3) is 3.51. The smallest absolute Gasteiger partial charge is 0.126 e. The molecule has 0 spiro atoms. The van der Waals surface area contributed by atoms with Crippen LogP contribution < -0.4 is 5.32 Å². The summed E-state index contributed by atoms with van der Waals surface area (Å²) in [7, 11) is 0. The zero-order chi connectivity index (χ0) is 14.7. The number of benzene rings is 2. The van der Waals surface area contributed by atoms with Crippen LogP contribution in [0.4, 0.5) is 4.39 Å². The zero-order valence-electron chi connectivity index (χ0n) is 12.5. The van der Waals surface area contributed by atoms with Crippen molar-refractivity contribution in [2.24, 2.45) is 0 Å². The summed E-state index contributed by atoms with van der Waals surface area (Å²) >= 11 is 0. The lowest BCUT2D eigenvalue weighted by Crippen LogP contribution is -2.41. The molecule has 0 bridgehead atoms. The molecule has 2 aromatic rings. The Morgan fingerprint density at radius 1 is 1.05 bits per heavy atom. The van der Waals surface area contributed by atoms with E-state index in [1.165, 1.54) is 30.0 Å². The molecule has 0 aliphatic heterocycles. The first-order valence-corrected chi connectivity index (χ1v) is 7.76. The molecule has 1 nitrogen and oxygen atoms in total. The zero-order valence-corrected chi connectivity index (χ0v) is 12.5. The predicted octanol–water partition coefficient (Wildman–Crippen LogP) is 4.21. The molecular formula is C19H22FN. The predicted molar refractivity (Wildman–Crippen MR) is 85.0 cm³/mol. The van der Waals surface area contributed by atoms with Gasteiger partial charge < -0.3 is 5.32 Å². The lowest BCUT2D eigenvalue weighted by Gasteiger charge is -2.36. The number of nitrogens with one attached hydrogen (secondary N) is 1. The van der Waals surface area contributed by atoms with Gasteiger partial charge in [-0.3, -0.25) is 0 Å². The van der Waals surface area contributed by atoms with Crippen LogP contribution in [0.15, 0.2) is 48.5 Å². The number of halogens is 1. The highest BCUT2D eigenvalue weighted by Gasteiger charge is 2.29. The van der Waals surface area contributed by atoms with Gasteiger partial charge in [0.2, 0.25) is 0 Å². The monoisotopic (exact) mass is 283 g/mol. The van der Waals surface area contributed by atoms with E-state index >= 15 is 0 Å². The van der Waals surface area contributed by atoms with E-state index in [9.17, 15) is 4.39 Å². The Bertz CT molecular complexity index is 585. The first-order valence-electron chi connectivity index (χ1n) is 7.76. The van der Waals surface area contributed by atoms with Gasteiger partial charge in [-0.2, -0.15) is 0 Å². The van der Waals surface area contributed by atoms with Crippen LogP contribution in [0.2, 0.25) is 0 Å². The Hall–Kier alpha value is -1.67. The van der Waals surface area contributed by atoms with Gasteiger partial charge in [-0.25, -0.2) is 4.39 Å². The van der Waals surface area contributed by atoms with E-state index in [2.05, 4.69) is 36.5 Å². The van der Waals surface area contributed by atoms with Crippen LogP contribution in [-0.4, -0.2) is 12.6 Å². The van der Waals surface area contributed by atoms with Crippen molar-refractivity contribution in [1.82, 2.24) is 5.32 Å². The van der Waals surface area contributed by atoms with Crippen molar-refractivity contribution in [3.05, 3.63) is 71.0 Å². The fourth-order valence-corrected chi connectivity index (χ4v) is 3.01. The maximum Gasteiger partial charge on any atom is 0.126 e. The minimum absolute atomic E-state index is 0.0922. The van der Waals surface area contributed by atoms with Crippen molar-refractivity contribution in [3.8, 4) is 0 Å². The van der Waals surface area contributed by atoms with Crippen molar-refractivity contribution in [1.29, 1.82) is 0 Å². The summed E-state index contributed by atoms with van der Waals surface area (Å²) in [5.41, 5.74) is 3.57. The van der Waals surface area contributed by atoms with E-state index in [1.54, 1.807) is 6.07 Å². The fraction of sp³-hybridized carbons (Fsp3) is 0.368. The molecule has 0 atom stereocenters. The molecule has 110 valence electrons. The van der Waals surface area contributed by atoms with E-state index < -0.39 is 0 Å². The van der Waals surface area contributed by atoms with Gasteiger partial charge in [0.15, 0.2) is 0 Å². The highest BCUT2D eigenvalue weighted by Crippen LogP contribution is 2.36. The summed E-state index contributed by atoms with van der Waals surface area (Å²) in [6, 6.07) is 16.5. The number of aryl methyl sites for hydroxylation is 1. The van der Waals surface area contributed by atoms with Crippen molar-refractivity contribution in [3.63, 3.8) is 0 Å². The van der Waals surface area contributed by atoms with Crippen LogP contribution in [-0.2, 0) is 6.42 Å². The average Bonchev–Trinajstić information content (AvgIpc) is 2.45. The van der Waals surface area contributed by atoms with Crippen LogP contribution in [0.1, 0.15) is 35.4 Å². The fourth-order valence-electron chi connectivity index (χ4n) is 3.01. The largest absolute Gasteiger partial charge is 0.314 e. The molecule has 0 amide bonds. The van der Waals surface area contributed by atoms with Crippen LogP contribution in [0.3, 0.4) is 0 Å². The molecule has 21 heavy (non-hydrogen) atoms. The van der Waals surface area contributed by atoms with Gasteiger partial charge >= 0.3 is 0 Å². The van der Waals surface area contributed by atoms with E-state index in [4.69, 9.17) is 0 Å². The second-order valence-electron chi connectivity index (χ2n) is 6.07. The Kier molecular flexibility index (Phi) is 4.35.